The van der Waals surface area contributed by atoms with Gasteiger partial charge in [-0.3, -0.25) is 0 Å². The highest BCUT2D eigenvalue weighted by Crippen LogP contribution is 2.21. The minimum Gasteiger partial charge on any atom is -0.377 e. The fourth-order valence-electron chi connectivity index (χ4n) is 2.21. The molecule has 0 aliphatic heterocycles. The molecule has 0 radical (unpaired) electrons. The van der Waals surface area contributed by atoms with E-state index in [2.05, 4.69) is 10.1 Å². The topological polar surface area (TPSA) is 30.5 Å². The second-order valence-electron chi connectivity index (χ2n) is 4.61. The number of ether oxygens (including phenoxy) is 2. The first-order valence-electron chi connectivity index (χ1n) is 6.46. The van der Waals surface area contributed by atoms with Crippen LogP contribution in [0.5, 0.6) is 0 Å². The second kappa shape index (κ2) is 7.96. The number of alkyl halides is 3. The average Bonchev–Trinajstić information content (AvgIpc) is 2.32. The molecule has 2 atom stereocenters. The number of rotatable bonds is 7. The Hall–Kier alpha value is -0.330. The summed E-state index contributed by atoms with van der Waals surface area (Å²) in [6.07, 6.45) is 0.949. The Morgan fingerprint density at radius 1 is 1.17 bits per heavy atom. The summed E-state index contributed by atoms with van der Waals surface area (Å²) in [6, 6.07) is 0.370. The monoisotopic (exact) mass is 269 g/mol. The van der Waals surface area contributed by atoms with E-state index in [1.165, 1.54) is 6.42 Å². The van der Waals surface area contributed by atoms with Crippen LogP contribution >= 0.6 is 0 Å². The first-order chi connectivity index (χ1) is 8.53. The predicted octanol–water partition coefficient (Wildman–Crippen LogP) is 2.50. The van der Waals surface area contributed by atoms with Crippen molar-refractivity contribution in [1.29, 1.82) is 0 Å². The zero-order valence-electron chi connectivity index (χ0n) is 10.8. The third kappa shape index (κ3) is 6.56. The molecule has 0 aromatic heterocycles. The van der Waals surface area contributed by atoms with Gasteiger partial charge < -0.3 is 14.8 Å². The first kappa shape index (κ1) is 15.7. The van der Waals surface area contributed by atoms with Crippen molar-refractivity contribution in [2.75, 3.05) is 26.9 Å². The van der Waals surface area contributed by atoms with Crippen LogP contribution in [0.1, 0.15) is 32.1 Å². The largest absolute Gasteiger partial charge is 0.411 e. The van der Waals surface area contributed by atoms with Crippen LogP contribution in [0, 0.1) is 0 Å². The number of nitrogens with one attached hydrogen (secondary N) is 1. The Morgan fingerprint density at radius 2 is 1.89 bits per heavy atom. The summed E-state index contributed by atoms with van der Waals surface area (Å²) in [6.45, 7) is -0.618. The maximum Gasteiger partial charge on any atom is 0.411 e. The highest BCUT2D eigenvalue weighted by Gasteiger charge is 2.27. The number of likely N-dealkylation sites (N-methyl/N-ethyl adjacent to an activating group) is 1. The molecule has 2 unspecified atom stereocenters. The van der Waals surface area contributed by atoms with E-state index in [0.717, 1.165) is 19.3 Å². The van der Waals surface area contributed by atoms with Gasteiger partial charge in [-0.1, -0.05) is 12.8 Å². The summed E-state index contributed by atoms with van der Waals surface area (Å²) in [5, 5.41) is 3.22. The van der Waals surface area contributed by atoms with E-state index < -0.39 is 12.8 Å². The van der Waals surface area contributed by atoms with Crippen LogP contribution in [-0.4, -0.2) is 45.2 Å². The molecule has 1 aliphatic rings. The lowest BCUT2D eigenvalue weighted by atomic mass is 9.92. The van der Waals surface area contributed by atoms with Crippen LogP contribution < -0.4 is 5.32 Å². The Kier molecular flexibility index (Phi) is 6.96. The van der Waals surface area contributed by atoms with Crippen molar-refractivity contribution >= 4 is 0 Å². The van der Waals surface area contributed by atoms with Crippen LogP contribution in [0.2, 0.25) is 0 Å². The van der Waals surface area contributed by atoms with Crippen LogP contribution in [0.25, 0.3) is 0 Å². The van der Waals surface area contributed by atoms with Crippen molar-refractivity contribution in [2.45, 2.75) is 50.4 Å². The molecule has 18 heavy (non-hydrogen) atoms. The Labute approximate surface area is 106 Å². The van der Waals surface area contributed by atoms with E-state index in [-0.39, 0.29) is 12.7 Å². The van der Waals surface area contributed by atoms with Crippen LogP contribution in [0.15, 0.2) is 0 Å². The highest BCUT2D eigenvalue weighted by atomic mass is 19.4. The van der Waals surface area contributed by atoms with Gasteiger partial charge in [0.1, 0.15) is 6.61 Å². The lowest BCUT2D eigenvalue weighted by molar-refractivity contribution is -0.174. The fraction of sp³-hybridized carbons (Fsp3) is 1.00. The molecule has 0 spiro atoms. The van der Waals surface area contributed by atoms with Gasteiger partial charge in [-0.05, 0) is 26.3 Å². The average molecular weight is 269 g/mol. The van der Waals surface area contributed by atoms with Gasteiger partial charge in [-0.2, -0.15) is 13.2 Å². The molecule has 0 aromatic carbocycles. The number of hydrogen-bond donors (Lipinski definition) is 1. The fourth-order valence-corrected chi connectivity index (χ4v) is 2.21. The van der Waals surface area contributed by atoms with E-state index >= 15 is 0 Å². The van der Waals surface area contributed by atoms with Crippen molar-refractivity contribution in [3.05, 3.63) is 0 Å². The third-order valence-corrected chi connectivity index (χ3v) is 3.10. The zero-order chi connectivity index (χ0) is 13.4. The third-order valence-electron chi connectivity index (χ3n) is 3.10. The van der Waals surface area contributed by atoms with E-state index in [0.29, 0.717) is 19.1 Å². The molecular formula is C12H22F3NO2. The van der Waals surface area contributed by atoms with Gasteiger partial charge in [0, 0.05) is 19.3 Å². The molecular weight excluding hydrogens is 247 g/mol. The summed E-state index contributed by atoms with van der Waals surface area (Å²) >= 11 is 0. The minimum absolute atomic E-state index is 0.0937. The van der Waals surface area contributed by atoms with Gasteiger partial charge in [0.2, 0.25) is 0 Å². The zero-order valence-corrected chi connectivity index (χ0v) is 10.8. The van der Waals surface area contributed by atoms with E-state index in [1.807, 2.05) is 7.05 Å². The second-order valence-corrected chi connectivity index (χ2v) is 4.61. The summed E-state index contributed by atoms with van der Waals surface area (Å²) in [5.74, 6) is 0. The van der Waals surface area contributed by atoms with Crippen molar-refractivity contribution in [2.24, 2.45) is 0 Å². The van der Waals surface area contributed by atoms with Gasteiger partial charge in [0.05, 0.1) is 6.10 Å². The first-order valence-corrected chi connectivity index (χ1v) is 6.46. The van der Waals surface area contributed by atoms with Gasteiger partial charge in [-0.15, -0.1) is 0 Å². The molecule has 1 fully saturated rings. The molecule has 1 aliphatic carbocycles. The van der Waals surface area contributed by atoms with Crippen LogP contribution in [0.4, 0.5) is 13.2 Å². The molecule has 6 heteroatoms. The Balaban J connectivity index is 2.03. The van der Waals surface area contributed by atoms with Gasteiger partial charge in [-0.25, -0.2) is 0 Å². The molecule has 0 bridgehead atoms. The summed E-state index contributed by atoms with van der Waals surface area (Å²) < 4.78 is 45.6. The smallest absolute Gasteiger partial charge is 0.377 e. The lowest BCUT2D eigenvalue weighted by Gasteiger charge is -2.31. The van der Waals surface area contributed by atoms with Gasteiger partial charge in [0.15, 0.2) is 0 Å². The molecule has 108 valence electrons. The molecule has 1 saturated carbocycles. The molecule has 0 saturated heterocycles. The molecule has 1 N–H and O–H groups in total. The maximum atomic E-state index is 11.8. The Morgan fingerprint density at radius 3 is 2.56 bits per heavy atom. The SMILES string of the molecule is CNC1CCCCC1OCCCOCC(F)(F)F. The van der Waals surface area contributed by atoms with Crippen molar-refractivity contribution in [3.8, 4) is 0 Å². The maximum absolute atomic E-state index is 11.8. The summed E-state index contributed by atoms with van der Waals surface area (Å²) in [4.78, 5) is 0. The van der Waals surface area contributed by atoms with Gasteiger partial charge >= 0.3 is 6.18 Å². The van der Waals surface area contributed by atoms with Crippen molar-refractivity contribution < 1.29 is 22.6 Å². The summed E-state index contributed by atoms with van der Waals surface area (Å²) in [5.41, 5.74) is 0. The van der Waals surface area contributed by atoms with Crippen molar-refractivity contribution in [1.82, 2.24) is 5.32 Å². The Bertz CT molecular complexity index is 224. The standard InChI is InChI=1S/C12H22F3NO2/c1-16-10-5-2-3-6-11(10)18-8-4-7-17-9-12(13,14)15/h10-11,16H,2-9H2,1H3. The summed E-state index contributed by atoms with van der Waals surface area (Å²) in [7, 11) is 1.92. The molecule has 1 rings (SSSR count). The predicted molar refractivity (Wildman–Crippen MR) is 62.5 cm³/mol. The van der Waals surface area contributed by atoms with Crippen LogP contribution in [-0.2, 0) is 9.47 Å². The number of hydrogen-bond acceptors (Lipinski definition) is 3. The highest BCUT2D eigenvalue weighted by molar-refractivity contribution is 4.80. The minimum atomic E-state index is -4.23. The molecule has 0 amide bonds. The van der Waals surface area contributed by atoms with Gasteiger partial charge in [0.25, 0.3) is 0 Å². The van der Waals surface area contributed by atoms with Crippen molar-refractivity contribution in [3.63, 3.8) is 0 Å². The van der Waals surface area contributed by atoms with E-state index in [9.17, 15) is 13.2 Å². The number of halogens is 3. The molecule has 0 aromatic rings. The lowest BCUT2D eigenvalue weighted by Crippen LogP contribution is -2.41. The normalized spacial score (nSPS) is 25.3. The molecule has 0 heterocycles. The quantitative estimate of drug-likeness (QED) is 0.720. The van der Waals surface area contributed by atoms with Crippen LogP contribution in [0.3, 0.4) is 0 Å². The van der Waals surface area contributed by atoms with E-state index in [4.69, 9.17) is 4.74 Å². The molecule has 3 nitrogen and oxygen atoms in total. The van der Waals surface area contributed by atoms with E-state index in [1.54, 1.807) is 0 Å².